The predicted molar refractivity (Wildman–Crippen MR) is 186 cm³/mol. The van der Waals surface area contributed by atoms with Crippen LogP contribution in [0, 0.1) is 0 Å². The third-order valence-corrected chi connectivity index (χ3v) is 10.3. The third kappa shape index (κ3) is 29.9. The van der Waals surface area contributed by atoms with Crippen LogP contribution in [-0.2, 0) is 10.1 Å². The molecule has 0 aromatic carbocycles. The van der Waals surface area contributed by atoms with Crippen molar-refractivity contribution < 1.29 is 21.9 Å². The van der Waals surface area contributed by atoms with E-state index in [1.165, 1.54) is 161 Å². The first-order valence-electron chi connectivity index (χ1n) is 18.6. The van der Waals surface area contributed by atoms with E-state index in [1.54, 1.807) is 0 Å². The maximum atomic E-state index is 11.3. The molecule has 0 aliphatic rings. The van der Waals surface area contributed by atoms with Crippen LogP contribution < -0.4 is 0 Å². The molecular weight excluding hydrogens is 540 g/mol. The van der Waals surface area contributed by atoms with E-state index in [4.69, 9.17) is 0 Å². The zero-order valence-electron chi connectivity index (χ0n) is 29.5. The largest absolute Gasteiger partial charge is 0.324 e. The molecule has 1 N–H and O–H groups in total. The summed E-state index contributed by atoms with van der Waals surface area (Å²) in [6.07, 6.45) is 33.5. The number of quaternary nitrogens is 2. The maximum absolute atomic E-state index is 11.3. The summed E-state index contributed by atoms with van der Waals surface area (Å²) in [6, 6.07) is 0. The quantitative estimate of drug-likeness (QED) is 0.0452. The van der Waals surface area contributed by atoms with Crippen molar-refractivity contribution in [1.29, 1.82) is 0 Å². The van der Waals surface area contributed by atoms with E-state index in [9.17, 15) is 13.0 Å². The Morgan fingerprint density at radius 2 is 0.714 bits per heavy atom. The molecule has 0 aliphatic heterocycles. The first-order chi connectivity index (χ1) is 20.0. The average molecular weight is 619 g/mol. The summed E-state index contributed by atoms with van der Waals surface area (Å²) < 4.78 is 33.9. The highest BCUT2D eigenvalue weighted by Gasteiger charge is 2.26. The summed E-state index contributed by atoms with van der Waals surface area (Å²) in [5, 5.41) is 0. The molecule has 42 heavy (non-hydrogen) atoms. The second kappa shape index (κ2) is 27.2. The van der Waals surface area contributed by atoms with E-state index in [-0.39, 0.29) is 5.75 Å². The van der Waals surface area contributed by atoms with Gasteiger partial charge in [0.25, 0.3) is 10.1 Å². The highest BCUT2D eigenvalue weighted by Crippen LogP contribution is 2.16. The van der Waals surface area contributed by atoms with Crippen LogP contribution in [-0.4, -0.2) is 81.6 Å². The average Bonchev–Trinajstić information content (AvgIpc) is 2.92. The number of likely N-dealkylation sites (N-methyl/N-ethyl adjacent to an activating group) is 2. The molecule has 0 spiro atoms. The predicted octanol–water partition coefficient (Wildman–Crippen LogP) is 10.2. The van der Waals surface area contributed by atoms with Crippen LogP contribution in [0.1, 0.15) is 174 Å². The lowest BCUT2D eigenvalue weighted by Crippen LogP contribution is -2.54. The third-order valence-electron chi connectivity index (χ3n) is 9.51. The minimum atomic E-state index is -3.88. The molecule has 0 aromatic heterocycles. The van der Waals surface area contributed by atoms with E-state index in [2.05, 4.69) is 35.0 Å². The topological polar surface area (TPSA) is 54.4 Å². The van der Waals surface area contributed by atoms with Crippen LogP contribution in [0.25, 0.3) is 0 Å². The number of hydrogen-bond acceptors (Lipinski definition) is 2. The summed E-state index contributed by atoms with van der Waals surface area (Å²) >= 11 is 0. The van der Waals surface area contributed by atoms with Crippen molar-refractivity contribution in [3.8, 4) is 0 Å². The van der Waals surface area contributed by atoms with Crippen LogP contribution in [0.2, 0.25) is 0 Å². The van der Waals surface area contributed by atoms with E-state index < -0.39 is 10.1 Å². The van der Waals surface area contributed by atoms with Crippen molar-refractivity contribution in [2.45, 2.75) is 174 Å². The Morgan fingerprint density at radius 3 is 1.07 bits per heavy atom. The number of nitrogens with zero attached hydrogens (tertiary/aromatic N) is 2. The Bertz CT molecular complexity index is 683. The zero-order valence-corrected chi connectivity index (χ0v) is 30.3. The Balaban J connectivity index is 4.22. The van der Waals surface area contributed by atoms with Crippen molar-refractivity contribution in [3.63, 3.8) is 0 Å². The molecule has 0 saturated carbocycles. The van der Waals surface area contributed by atoms with Crippen molar-refractivity contribution in [3.05, 3.63) is 0 Å². The van der Waals surface area contributed by atoms with Gasteiger partial charge in [-0.1, -0.05) is 142 Å². The standard InChI is InChI=1S/C36H77N2O3S/c1-6-8-10-12-14-16-18-20-22-24-26-28-31-37(3,4)34-35-38(5,33-30-36-42(39,40)41)32-29-27-25-23-21-19-17-15-13-11-9-7-2/h6-36H2,1-5H3/q+1/p+1. The normalized spacial score (nSPS) is 14.0. The molecule has 1 unspecified atom stereocenters. The van der Waals surface area contributed by atoms with E-state index >= 15 is 0 Å². The Labute approximate surface area is 265 Å². The van der Waals surface area contributed by atoms with Gasteiger partial charge in [0.05, 0.1) is 46.5 Å². The van der Waals surface area contributed by atoms with Crippen LogP contribution in [0.15, 0.2) is 0 Å². The Kier molecular flexibility index (Phi) is 27.1. The summed E-state index contributed by atoms with van der Waals surface area (Å²) in [5.41, 5.74) is 0. The molecule has 0 rings (SSSR count). The number of unbranched alkanes of at least 4 members (excludes halogenated alkanes) is 22. The molecule has 0 aliphatic carbocycles. The van der Waals surface area contributed by atoms with Crippen LogP contribution in [0.4, 0.5) is 0 Å². The van der Waals surface area contributed by atoms with Crippen molar-refractivity contribution in [2.24, 2.45) is 0 Å². The summed E-state index contributed by atoms with van der Waals surface area (Å²) in [5.74, 6) is -0.115. The second-order valence-electron chi connectivity index (χ2n) is 14.6. The number of hydrogen-bond donors (Lipinski definition) is 1. The SMILES string of the molecule is CCCCCCCCCCCCCC[N+](C)(C)CC[N+](C)(CCCCCCCCCCCCCC)CCCS(=O)(=O)O. The van der Waals surface area contributed by atoms with Gasteiger partial charge in [0.15, 0.2) is 0 Å². The van der Waals surface area contributed by atoms with E-state index in [1.807, 2.05) is 0 Å². The second-order valence-corrected chi connectivity index (χ2v) is 16.2. The minimum Gasteiger partial charge on any atom is -0.324 e. The lowest BCUT2D eigenvalue weighted by atomic mass is 10.0. The molecule has 0 heterocycles. The van der Waals surface area contributed by atoms with Crippen molar-refractivity contribution in [2.75, 3.05) is 59.6 Å². The molecule has 0 bridgehead atoms. The smallest absolute Gasteiger partial charge is 0.265 e. The van der Waals surface area contributed by atoms with Crippen LogP contribution >= 0.6 is 0 Å². The molecule has 254 valence electrons. The molecule has 0 amide bonds. The van der Waals surface area contributed by atoms with Gasteiger partial charge in [-0.2, -0.15) is 8.42 Å². The zero-order chi connectivity index (χ0) is 31.4. The summed E-state index contributed by atoms with van der Waals surface area (Å²) in [6.45, 7) is 9.93. The maximum Gasteiger partial charge on any atom is 0.265 e. The fraction of sp³-hybridized carbons (Fsp3) is 1.00. The minimum absolute atomic E-state index is 0.115. The highest BCUT2D eigenvalue weighted by atomic mass is 32.2. The summed E-state index contributed by atoms with van der Waals surface area (Å²) in [7, 11) is 3.16. The molecule has 0 radical (unpaired) electrons. The molecule has 6 heteroatoms. The molecule has 5 nitrogen and oxygen atoms in total. The molecule has 0 aromatic rings. The van der Waals surface area contributed by atoms with Crippen molar-refractivity contribution in [1.82, 2.24) is 0 Å². The van der Waals surface area contributed by atoms with E-state index in [0.717, 1.165) is 35.1 Å². The molecule has 0 saturated heterocycles. The fourth-order valence-electron chi connectivity index (χ4n) is 6.30. The van der Waals surface area contributed by atoms with Crippen molar-refractivity contribution >= 4 is 10.1 Å². The summed E-state index contributed by atoms with van der Waals surface area (Å²) in [4.78, 5) is 0. The van der Waals surface area contributed by atoms with Gasteiger partial charge in [-0.15, -0.1) is 0 Å². The Hall–Kier alpha value is -0.170. The molecule has 1 atom stereocenters. The van der Waals surface area contributed by atoms with Gasteiger partial charge in [0.1, 0.15) is 13.1 Å². The molecule has 0 fully saturated rings. The first kappa shape index (κ1) is 41.8. The molecular formula is C36H78N2O3S+2. The van der Waals surface area contributed by atoms with E-state index in [0.29, 0.717) is 6.42 Å². The van der Waals surface area contributed by atoms with Gasteiger partial charge in [-0.25, -0.2) is 0 Å². The van der Waals surface area contributed by atoms with Gasteiger partial charge in [0.2, 0.25) is 0 Å². The van der Waals surface area contributed by atoms with Crippen LogP contribution in [0.3, 0.4) is 0 Å². The highest BCUT2D eigenvalue weighted by molar-refractivity contribution is 7.85. The monoisotopic (exact) mass is 619 g/mol. The van der Waals surface area contributed by atoms with Gasteiger partial charge >= 0.3 is 0 Å². The van der Waals surface area contributed by atoms with Crippen LogP contribution in [0.5, 0.6) is 0 Å². The van der Waals surface area contributed by atoms with Gasteiger partial charge in [-0.05, 0) is 25.7 Å². The Morgan fingerprint density at radius 1 is 0.405 bits per heavy atom. The van der Waals surface area contributed by atoms with Gasteiger partial charge < -0.3 is 8.97 Å². The lowest BCUT2D eigenvalue weighted by Gasteiger charge is -2.38. The number of rotatable bonds is 33. The van der Waals surface area contributed by atoms with Gasteiger partial charge in [0, 0.05) is 6.42 Å². The van der Waals surface area contributed by atoms with Gasteiger partial charge in [-0.3, -0.25) is 4.55 Å². The fourth-order valence-corrected chi connectivity index (χ4v) is 6.80. The lowest BCUT2D eigenvalue weighted by molar-refractivity contribution is -0.955. The first-order valence-corrected chi connectivity index (χ1v) is 20.3.